The lowest BCUT2D eigenvalue weighted by molar-refractivity contribution is -0.170. The molecule has 0 aliphatic heterocycles. The largest absolute Gasteiger partial charge is 0.411 e. The highest BCUT2D eigenvalue weighted by atomic mass is 32.1. The second-order valence-corrected chi connectivity index (χ2v) is 6.03. The van der Waals surface area contributed by atoms with Crippen LogP contribution in [0.5, 0.6) is 0 Å². The summed E-state index contributed by atoms with van der Waals surface area (Å²) in [5.41, 5.74) is -0.0734. The fourth-order valence-corrected chi connectivity index (χ4v) is 2.21. The van der Waals surface area contributed by atoms with Gasteiger partial charge in [-0.25, -0.2) is 0 Å². The number of hydrogen-bond acceptors (Lipinski definition) is 3. The van der Waals surface area contributed by atoms with Crippen LogP contribution in [0.15, 0.2) is 12.1 Å². The van der Waals surface area contributed by atoms with Crippen LogP contribution in [0.1, 0.15) is 35.3 Å². The molecule has 0 saturated carbocycles. The van der Waals surface area contributed by atoms with E-state index in [-0.39, 0.29) is 5.41 Å². The monoisotopic (exact) mass is 280 g/mol. The van der Waals surface area contributed by atoms with Gasteiger partial charge >= 0.3 is 6.18 Å². The van der Waals surface area contributed by atoms with Crippen molar-refractivity contribution in [1.82, 2.24) is 0 Å². The first-order valence-corrected chi connectivity index (χ1v) is 6.19. The summed E-state index contributed by atoms with van der Waals surface area (Å²) in [6, 6.07) is 3.45. The molecule has 1 aromatic heterocycles. The predicted molar refractivity (Wildman–Crippen MR) is 64.2 cm³/mol. The second kappa shape index (κ2) is 5.40. The van der Waals surface area contributed by atoms with Crippen LogP contribution in [0, 0.1) is 0 Å². The van der Waals surface area contributed by atoms with Crippen molar-refractivity contribution in [2.24, 2.45) is 0 Å². The van der Waals surface area contributed by atoms with Crippen molar-refractivity contribution >= 4 is 17.1 Å². The number of ketones is 1. The summed E-state index contributed by atoms with van der Waals surface area (Å²) in [6.45, 7) is 4.09. The van der Waals surface area contributed by atoms with E-state index < -0.39 is 25.2 Å². The Morgan fingerprint density at radius 1 is 1.28 bits per heavy atom. The number of ether oxygens (including phenoxy) is 1. The average Bonchev–Trinajstić information content (AvgIpc) is 2.62. The molecule has 0 amide bonds. The van der Waals surface area contributed by atoms with Crippen molar-refractivity contribution in [3.63, 3.8) is 0 Å². The molecule has 0 aromatic carbocycles. The summed E-state index contributed by atoms with van der Waals surface area (Å²) in [5.74, 6) is -0.417. The van der Waals surface area contributed by atoms with Crippen LogP contribution in [-0.4, -0.2) is 25.2 Å². The Balaban J connectivity index is 2.55. The molecule has 0 atom stereocenters. The van der Waals surface area contributed by atoms with E-state index in [1.165, 1.54) is 11.3 Å². The van der Waals surface area contributed by atoms with Crippen LogP contribution in [0.2, 0.25) is 0 Å². The maximum absolute atomic E-state index is 11.8. The zero-order valence-corrected chi connectivity index (χ0v) is 11.2. The Labute approximate surface area is 108 Å². The number of alkyl halides is 3. The smallest absolute Gasteiger partial charge is 0.364 e. The number of carbonyl (C=O) groups excluding carboxylic acids is 1. The van der Waals surface area contributed by atoms with Crippen molar-refractivity contribution in [2.75, 3.05) is 13.2 Å². The van der Waals surface area contributed by atoms with E-state index in [4.69, 9.17) is 0 Å². The molecule has 0 aliphatic carbocycles. The fraction of sp³-hybridized carbons (Fsp3) is 0.583. The molecule has 0 N–H and O–H groups in total. The van der Waals surface area contributed by atoms with Crippen LogP contribution >= 0.6 is 11.3 Å². The van der Waals surface area contributed by atoms with Gasteiger partial charge in [-0.1, -0.05) is 20.8 Å². The maximum atomic E-state index is 11.8. The van der Waals surface area contributed by atoms with Crippen molar-refractivity contribution in [1.29, 1.82) is 0 Å². The Hall–Kier alpha value is -0.880. The Kier molecular flexibility index (Phi) is 4.55. The molecule has 6 heteroatoms. The number of rotatable bonds is 4. The van der Waals surface area contributed by atoms with Gasteiger partial charge in [-0.15, -0.1) is 11.3 Å². The lowest BCUT2D eigenvalue weighted by Crippen LogP contribution is -2.20. The standard InChI is InChI=1S/C12H15F3O2S/c1-11(2,3)10-5-4-9(18-10)8(16)6-17-7-12(13,14)15/h4-5H,6-7H2,1-3H3. The van der Waals surface area contributed by atoms with Gasteiger partial charge in [0.15, 0.2) is 5.78 Å². The van der Waals surface area contributed by atoms with Crippen LogP contribution in [0.25, 0.3) is 0 Å². The first-order valence-electron chi connectivity index (χ1n) is 5.37. The number of thiophene rings is 1. The lowest BCUT2D eigenvalue weighted by Gasteiger charge is -2.15. The van der Waals surface area contributed by atoms with Crippen molar-refractivity contribution < 1.29 is 22.7 Å². The molecular weight excluding hydrogens is 265 g/mol. The third-order valence-electron chi connectivity index (χ3n) is 2.12. The predicted octanol–water partition coefficient (Wildman–Crippen LogP) is 3.81. The van der Waals surface area contributed by atoms with Gasteiger partial charge in [-0.05, 0) is 17.5 Å². The third kappa shape index (κ3) is 4.78. The molecule has 2 nitrogen and oxygen atoms in total. The molecule has 0 unspecified atom stereocenters. The minimum atomic E-state index is -4.40. The number of carbonyl (C=O) groups is 1. The molecule has 0 fully saturated rings. The Morgan fingerprint density at radius 2 is 1.89 bits per heavy atom. The molecule has 1 rings (SSSR count). The van der Waals surface area contributed by atoms with Crippen molar-refractivity contribution in [3.8, 4) is 0 Å². The molecule has 0 radical (unpaired) electrons. The van der Waals surface area contributed by atoms with Gasteiger partial charge in [-0.2, -0.15) is 13.2 Å². The summed E-state index contributed by atoms with van der Waals surface area (Å²) in [5, 5.41) is 0. The highest BCUT2D eigenvalue weighted by Gasteiger charge is 2.28. The zero-order chi connectivity index (χ0) is 14.0. The lowest BCUT2D eigenvalue weighted by atomic mass is 9.95. The average molecular weight is 280 g/mol. The van der Waals surface area contributed by atoms with Gasteiger partial charge in [0.05, 0.1) is 4.88 Å². The van der Waals surface area contributed by atoms with E-state index in [9.17, 15) is 18.0 Å². The van der Waals surface area contributed by atoms with Crippen LogP contribution in [0.4, 0.5) is 13.2 Å². The molecular formula is C12H15F3O2S. The quantitative estimate of drug-likeness (QED) is 0.784. The molecule has 0 spiro atoms. The van der Waals surface area contributed by atoms with Crippen LogP contribution in [-0.2, 0) is 10.2 Å². The van der Waals surface area contributed by atoms with E-state index in [2.05, 4.69) is 4.74 Å². The van der Waals surface area contributed by atoms with Crippen molar-refractivity contribution in [3.05, 3.63) is 21.9 Å². The summed E-state index contributed by atoms with van der Waals surface area (Å²) in [6.07, 6.45) is -4.40. The van der Waals surface area contributed by atoms with E-state index in [0.29, 0.717) is 4.88 Å². The van der Waals surface area contributed by atoms with E-state index in [1.54, 1.807) is 6.07 Å². The molecule has 102 valence electrons. The summed E-state index contributed by atoms with van der Waals surface area (Å²) >= 11 is 1.30. The Bertz CT molecular complexity index is 416. The third-order valence-corrected chi connectivity index (χ3v) is 3.67. The van der Waals surface area contributed by atoms with Gasteiger partial charge in [-0.3, -0.25) is 4.79 Å². The molecule has 18 heavy (non-hydrogen) atoms. The normalized spacial score (nSPS) is 12.8. The zero-order valence-electron chi connectivity index (χ0n) is 10.4. The summed E-state index contributed by atoms with van der Waals surface area (Å²) < 4.78 is 39.8. The highest BCUT2D eigenvalue weighted by molar-refractivity contribution is 7.14. The van der Waals surface area contributed by atoms with E-state index in [1.807, 2.05) is 26.8 Å². The van der Waals surface area contributed by atoms with Crippen LogP contribution in [0.3, 0.4) is 0 Å². The minimum Gasteiger partial charge on any atom is -0.364 e. The second-order valence-electron chi connectivity index (χ2n) is 4.95. The fourth-order valence-electron chi connectivity index (χ4n) is 1.22. The summed E-state index contributed by atoms with van der Waals surface area (Å²) in [7, 11) is 0. The van der Waals surface area contributed by atoms with Crippen molar-refractivity contribution in [2.45, 2.75) is 32.4 Å². The van der Waals surface area contributed by atoms with Gasteiger partial charge in [0, 0.05) is 4.88 Å². The summed E-state index contributed by atoms with van der Waals surface area (Å²) in [4.78, 5) is 13.0. The van der Waals surface area contributed by atoms with Gasteiger partial charge in [0.1, 0.15) is 13.2 Å². The number of hydrogen-bond donors (Lipinski definition) is 0. The maximum Gasteiger partial charge on any atom is 0.411 e. The number of Topliss-reactive ketones (excluding diaryl/α,β-unsaturated/α-hetero) is 1. The molecule has 1 aromatic rings. The van der Waals surface area contributed by atoms with Gasteiger partial charge < -0.3 is 4.74 Å². The topological polar surface area (TPSA) is 26.3 Å². The number of halogens is 3. The first kappa shape index (κ1) is 15.2. The molecule has 0 bridgehead atoms. The SMILES string of the molecule is CC(C)(C)c1ccc(C(=O)COCC(F)(F)F)s1. The first-order chi connectivity index (χ1) is 8.09. The van der Waals surface area contributed by atoms with Crippen LogP contribution < -0.4 is 0 Å². The molecule has 1 heterocycles. The molecule has 0 saturated heterocycles. The van der Waals surface area contributed by atoms with Gasteiger partial charge in [0.25, 0.3) is 0 Å². The highest BCUT2D eigenvalue weighted by Crippen LogP contribution is 2.29. The molecule has 0 aliphatic rings. The van der Waals surface area contributed by atoms with E-state index in [0.717, 1.165) is 4.88 Å². The van der Waals surface area contributed by atoms with Gasteiger partial charge in [0.2, 0.25) is 0 Å². The van der Waals surface area contributed by atoms with E-state index >= 15 is 0 Å². The Morgan fingerprint density at radius 3 is 2.33 bits per heavy atom. The minimum absolute atomic E-state index is 0.0734.